The van der Waals surface area contributed by atoms with Crippen LogP contribution in [0.4, 0.5) is 0 Å². The molecule has 1 aromatic rings. The molecular weight excluding hydrogens is 176 g/mol. The van der Waals surface area contributed by atoms with Crippen LogP contribution in [-0.2, 0) is 6.54 Å². The number of aryl methyl sites for hydroxylation is 1. The third-order valence-corrected chi connectivity index (χ3v) is 2.91. The zero-order chi connectivity index (χ0) is 9.97. The molecule has 3 nitrogen and oxygen atoms in total. The van der Waals surface area contributed by atoms with Crippen molar-refractivity contribution in [2.24, 2.45) is 0 Å². The molecule has 1 saturated heterocycles. The quantitative estimate of drug-likeness (QED) is 0.788. The van der Waals surface area contributed by atoms with E-state index in [-0.39, 0.29) is 0 Å². The lowest BCUT2D eigenvalue weighted by Gasteiger charge is -2.11. The van der Waals surface area contributed by atoms with Gasteiger partial charge >= 0.3 is 0 Å². The van der Waals surface area contributed by atoms with Crippen LogP contribution in [0.5, 0.6) is 0 Å². The van der Waals surface area contributed by atoms with Gasteiger partial charge in [-0.15, -0.1) is 0 Å². The van der Waals surface area contributed by atoms with Crippen LogP contribution in [0.2, 0.25) is 0 Å². The molecule has 0 bridgehead atoms. The van der Waals surface area contributed by atoms with Gasteiger partial charge in [-0.05, 0) is 38.6 Å². The average Bonchev–Trinajstić information content (AvgIpc) is 2.72. The Labute approximate surface area is 85.1 Å². The highest BCUT2D eigenvalue weighted by Crippen LogP contribution is 2.11. The molecular formula is C11H18N2O. The minimum atomic E-state index is 0.629. The molecule has 0 aliphatic carbocycles. The van der Waals surface area contributed by atoms with E-state index >= 15 is 0 Å². The molecule has 1 aromatic heterocycles. The summed E-state index contributed by atoms with van der Waals surface area (Å²) >= 11 is 0. The maximum Gasteiger partial charge on any atom is 0.120 e. The summed E-state index contributed by atoms with van der Waals surface area (Å²) in [5, 5.41) is 3.52. The van der Waals surface area contributed by atoms with Gasteiger partial charge in [0.05, 0.1) is 12.8 Å². The third kappa shape index (κ3) is 2.16. The summed E-state index contributed by atoms with van der Waals surface area (Å²) in [7, 11) is 2.17. The first kappa shape index (κ1) is 9.74. The molecule has 78 valence electrons. The fraction of sp³-hybridized carbons (Fsp3) is 0.636. The van der Waals surface area contributed by atoms with Gasteiger partial charge in [0.2, 0.25) is 0 Å². The van der Waals surface area contributed by atoms with E-state index in [4.69, 9.17) is 4.42 Å². The number of rotatable bonds is 3. The number of nitrogens with zero attached hydrogens (tertiary/aromatic N) is 1. The summed E-state index contributed by atoms with van der Waals surface area (Å²) < 4.78 is 5.37. The van der Waals surface area contributed by atoms with Gasteiger partial charge in [-0.1, -0.05) is 0 Å². The van der Waals surface area contributed by atoms with Gasteiger partial charge < -0.3 is 14.6 Å². The number of likely N-dealkylation sites (N-methyl/N-ethyl adjacent to an activating group) is 1. The summed E-state index contributed by atoms with van der Waals surface area (Å²) in [6.45, 7) is 5.30. The van der Waals surface area contributed by atoms with E-state index < -0.39 is 0 Å². The first-order chi connectivity index (χ1) is 6.75. The Morgan fingerprint density at radius 3 is 3.07 bits per heavy atom. The molecule has 0 aromatic carbocycles. The summed E-state index contributed by atoms with van der Waals surface area (Å²) in [5.41, 5.74) is 1.24. The molecule has 1 aliphatic rings. The first-order valence-corrected chi connectivity index (χ1v) is 5.20. The number of hydrogen-bond acceptors (Lipinski definition) is 3. The molecule has 14 heavy (non-hydrogen) atoms. The van der Waals surface area contributed by atoms with Crippen LogP contribution in [-0.4, -0.2) is 31.1 Å². The number of nitrogens with one attached hydrogen (secondary N) is 1. The van der Waals surface area contributed by atoms with Crippen molar-refractivity contribution in [3.05, 3.63) is 23.7 Å². The van der Waals surface area contributed by atoms with E-state index in [1.807, 2.05) is 6.07 Å². The molecule has 2 rings (SSSR count). The molecule has 1 aliphatic heterocycles. The molecule has 2 heterocycles. The topological polar surface area (TPSA) is 28.4 Å². The van der Waals surface area contributed by atoms with E-state index in [0.29, 0.717) is 6.04 Å². The maximum absolute atomic E-state index is 5.37. The highest BCUT2D eigenvalue weighted by Gasteiger charge is 2.18. The van der Waals surface area contributed by atoms with Crippen molar-refractivity contribution in [1.29, 1.82) is 0 Å². The molecule has 1 unspecified atom stereocenters. The van der Waals surface area contributed by atoms with Crippen LogP contribution >= 0.6 is 0 Å². The second-order valence-electron chi connectivity index (χ2n) is 4.16. The lowest BCUT2D eigenvalue weighted by Crippen LogP contribution is -2.30. The number of furan rings is 1. The predicted octanol–water partition coefficient (Wildman–Crippen LogP) is 1.38. The Bertz CT molecular complexity index is 295. The summed E-state index contributed by atoms with van der Waals surface area (Å²) in [5.74, 6) is 1.07. The smallest absolute Gasteiger partial charge is 0.120 e. The highest BCUT2D eigenvalue weighted by atomic mass is 16.3. The van der Waals surface area contributed by atoms with Gasteiger partial charge in [0.15, 0.2) is 0 Å². The fourth-order valence-electron chi connectivity index (χ4n) is 1.92. The lowest BCUT2D eigenvalue weighted by atomic mass is 10.2. The normalized spacial score (nSPS) is 23.1. The van der Waals surface area contributed by atoms with E-state index in [1.165, 1.54) is 18.5 Å². The Morgan fingerprint density at radius 2 is 2.50 bits per heavy atom. The number of likely N-dealkylation sites (tertiary alicyclic amines) is 1. The summed E-state index contributed by atoms with van der Waals surface area (Å²) in [6, 6.07) is 2.64. The SMILES string of the molecule is Cc1ccoc1CNC1CCN(C)C1. The molecule has 1 N–H and O–H groups in total. The van der Waals surface area contributed by atoms with Crippen LogP contribution in [0, 0.1) is 6.92 Å². The minimum Gasteiger partial charge on any atom is -0.468 e. The standard InChI is InChI=1S/C11H18N2O/c1-9-4-6-14-11(9)7-12-10-3-5-13(2)8-10/h4,6,10,12H,3,5,7-8H2,1-2H3. The molecule has 0 saturated carbocycles. The molecule has 3 heteroatoms. The number of hydrogen-bond donors (Lipinski definition) is 1. The molecule has 1 fully saturated rings. The largest absolute Gasteiger partial charge is 0.468 e. The van der Waals surface area contributed by atoms with Crippen molar-refractivity contribution < 1.29 is 4.42 Å². The van der Waals surface area contributed by atoms with E-state index in [2.05, 4.69) is 24.2 Å². The Morgan fingerprint density at radius 1 is 1.64 bits per heavy atom. The zero-order valence-electron chi connectivity index (χ0n) is 8.92. The van der Waals surface area contributed by atoms with Crippen LogP contribution in [0.25, 0.3) is 0 Å². The van der Waals surface area contributed by atoms with Gasteiger partial charge in [-0.3, -0.25) is 0 Å². The van der Waals surface area contributed by atoms with Crippen LogP contribution < -0.4 is 5.32 Å². The maximum atomic E-state index is 5.37. The van der Waals surface area contributed by atoms with Crippen LogP contribution in [0.15, 0.2) is 16.7 Å². The van der Waals surface area contributed by atoms with Crippen LogP contribution in [0.1, 0.15) is 17.7 Å². The Balaban J connectivity index is 1.80. The van der Waals surface area contributed by atoms with E-state index in [1.54, 1.807) is 6.26 Å². The molecule has 1 atom stereocenters. The van der Waals surface area contributed by atoms with Gasteiger partial charge in [0, 0.05) is 12.6 Å². The van der Waals surface area contributed by atoms with Crippen molar-refractivity contribution in [3.63, 3.8) is 0 Å². The van der Waals surface area contributed by atoms with Gasteiger partial charge in [0.1, 0.15) is 5.76 Å². The van der Waals surface area contributed by atoms with Crippen molar-refractivity contribution in [2.75, 3.05) is 20.1 Å². The zero-order valence-corrected chi connectivity index (χ0v) is 8.92. The predicted molar refractivity (Wildman–Crippen MR) is 56.2 cm³/mol. The monoisotopic (exact) mass is 194 g/mol. The van der Waals surface area contributed by atoms with Crippen molar-refractivity contribution >= 4 is 0 Å². The van der Waals surface area contributed by atoms with E-state index in [0.717, 1.165) is 18.8 Å². The fourth-order valence-corrected chi connectivity index (χ4v) is 1.92. The second kappa shape index (κ2) is 4.15. The van der Waals surface area contributed by atoms with Gasteiger partial charge in [-0.25, -0.2) is 0 Å². The molecule has 0 amide bonds. The first-order valence-electron chi connectivity index (χ1n) is 5.20. The molecule has 0 radical (unpaired) electrons. The Kier molecular flexibility index (Phi) is 2.89. The van der Waals surface area contributed by atoms with Gasteiger partial charge in [0.25, 0.3) is 0 Å². The minimum absolute atomic E-state index is 0.629. The third-order valence-electron chi connectivity index (χ3n) is 2.91. The second-order valence-corrected chi connectivity index (χ2v) is 4.16. The van der Waals surface area contributed by atoms with Crippen molar-refractivity contribution in [2.45, 2.75) is 25.9 Å². The Hall–Kier alpha value is -0.800. The average molecular weight is 194 g/mol. The highest BCUT2D eigenvalue weighted by molar-refractivity contribution is 5.14. The van der Waals surface area contributed by atoms with E-state index in [9.17, 15) is 0 Å². The van der Waals surface area contributed by atoms with Crippen molar-refractivity contribution in [3.8, 4) is 0 Å². The lowest BCUT2D eigenvalue weighted by molar-refractivity contribution is 0.389. The summed E-state index contributed by atoms with van der Waals surface area (Å²) in [6.07, 6.45) is 3.00. The van der Waals surface area contributed by atoms with Crippen molar-refractivity contribution in [1.82, 2.24) is 10.2 Å². The van der Waals surface area contributed by atoms with Crippen LogP contribution in [0.3, 0.4) is 0 Å². The summed E-state index contributed by atoms with van der Waals surface area (Å²) in [4.78, 5) is 2.35. The molecule has 0 spiro atoms. The van der Waals surface area contributed by atoms with Gasteiger partial charge in [-0.2, -0.15) is 0 Å².